The van der Waals surface area contributed by atoms with E-state index in [1.54, 1.807) is 0 Å². The largest absolute Gasteiger partial charge is 0.474 e. The Labute approximate surface area is 170 Å². The average molecular weight is 390 g/mol. The second-order valence-electron chi connectivity index (χ2n) is 7.38. The number of aromatic amines is 1. The number of piperidine rings is 1. The van der Waals surface area contributed by atoms with Crippen LogP contribution in [-0.4, -0.2) is 51.3 Å². The number of hydrogen-bond acceptors (Lipinski definition) is 6. The molecule has 150 valence electrons. The summed E-state index contributed by atoms with van der Waals surface area (Å²) in [5.74, 6) is 2.54. The summed E-state index contributed by atoms with van der Waals surface area (Å²) in [6.45, 7) is 4.03. The van der Waals surface area contributed by atoms with E-state index in [1.807, 2.05) is 61.5 Å². The monoisotopic (exact) mass is 390 g/mol. The lowest BCUT2D eigenvalue weighted by molar-refractivity contribution is 0.110. The van der Waals surface area contributed by atoms with Gasteiger partial charge in [0.1, 0.15) is 11.9 Å². The number of aromatic nitrogens is 4. The molecule has 3 heterocycles. The fourth-order valence-corrected chi connectivity index (χ4v) is 3.26. The highest BCUT2D eigenvalue weighted by molar-refractivity contribution is 5.67. The maximum atomic E-state index is 6.20. The molecular formula is C22H26N6O. The second-order valence-corrected chi connectivity index (χ2v) is 7.38. The average Bonchev–Trinajstić information content (AvgIpc) is 3.13. The molecule has 1 aliphatic heterocycles. The van der Waals surface area contributed by atoms with Crippen LogP contribution < -0.4 is 10.1 Å². The number of likely N-dealkylation sites (tertiary alicyclic amines) is 1. The van der Waals surface area contributed by atoms with E-state index in [0.29, 0.717) is 23.3 Å². The minimum Gasteiger partial charge on any atom is -0.474 e. The van der Waals surface area contributed by atoms with Crippen LogP contribution in [-0.2, 0) is 0 Å². The van der Waals surface area contributed by atoms with Gasteiger partial charge in [0.25, 0.3) is 0 Å². The van der Waals surface area contributed by atoms with Gasteiger partial charge in [0.2, 0.25) is 5.88 Å². The number of aryl methyl sites for hydroxylation is 1. The number of ether oxygens (including phenoxy) is 1. The molecule has 0 amide bonds. The number of anilines is 2. The third-order valence-electron chi connectivity index (χ3n) is 4.86. The predicted molar refractivity (Wildman–Crippen MR) is 115 cm³/mol. The lowest BCUT2D eigenvalue weighted by Gasteiger charge is -2.29. The quantitative estimate of drug-likeness (QED) is 0.665. The summed E-state index contributed by atoms with van der Waals surface area (Å²) < 4.78 is 6.20. The van der Waals surface area contributed by atoms with Crippen molar-refractivity contribution in [1.29, 1.82) is 0 Å². The molecule has 0 aliphatic carbocycles. The molecule has 1 saturated heterocycles. The topological polar surface area (TPSA) is 79.0 Å². The van der Waals surface area contributed by atoms with Crippen LogP contribution in [0.15, 0.2) is 42.5 Å². The van der Waals surface area contributed by atoms with Crippen molar-refractivity contribution in [3.05, 3.63) is 59.5 Å². The van der Waals surface area contributed by atoms with Crippen LogP contribution >= 0.6 is 0 Å². The zero-order valence-electron chi connectivity index (χ0n) is 16.8. The van der Waals surface area contributed by atoms with Crippen molar-refractivity contribution < 1.29 is 4.74 Å². The molecule has 29 heavy (non-hydrogen) atoms. The Bertz CT molecular complexity index is 960. The zero-order chi connectivity index (χ0) is 20.1. The lowest BCUT2D eigenvalue weighted by atomic mass is 10.1. The molecular weight excluding hydrogens is 364 g/mol. The Morgan fingerprint density at radius 3 is 2.59 bits per heavy atom. The Balaban J connectivity index is 1.57. The summed E-state index contributed by atoms with van der Waals surface area (Å²) in [6, 6.07) is 13.9. The number of nitrogens with zero attached hydrogens (tertiary/aromatic N) is 4. The number of rotatable bonds is 6. The molecule has 0 atom stereocenters. The summed E-state index contributed by atoms with van der Waals surface area (Å²) in [6.07, 6.45) is 6.07. The SMILES string of the molecule is Cc1cc(Nc2cc(OC3CCN(C)CC3)nc(C=Cc3ccccc3)n2)n[nH]1. The Morgan fingerprint density at radius 2 is 1.86 bits per heavy atom. The summed E-state index contributed by atoms with van der Waals surface area (Å²) >= 11 is 0. The number of H-pyrrole nitrogens is 1. The molecule has 0 spiro atoms. The van der Waals surface area contributed by atoms with Crippen LogP contribution in [0, 0.1) is 6.92 Å². The minimum atomic E-state index is 0.174. The van der Waals surface area contributed by atoms with Crippen molar-refractivity contribution in [3.63, 3.8) is 0 Å². The molecule has 2 N–H and O–H groups in total. The molecule has 1 fully saturated rings. The van der Waals surface area contributed by atoms with Gasteiger partial charge >= 0.3 is 0 Å². The normalized spacial score (nSPS) is 15.7. The first kappa shape index (κ1) is 19.1. The van der Waals surface area contributed by atoms with E-state index in [4.69, 9.17) is 4.74 Å². The van der Waals surface area contributed by atoms with Crippen LogP contribution in [0.2, 0.25) is 0 Å². The van der Waals surface area contributed by atoms with Gasteiger partial charge in [-0.25, -0.2) is 4.98 Å². The fraction of sp³-hybridized carbons (Fsp3) is 0.318. The third kappa shape index (κ3) is 5.42. The van der Waals surface area contributed by atoms with E-state index in [1.165, 1.54) is 0 Å². The smallest absolute Gasteiger partial charge is 0.219 e. The van der Waals surface area contributed by atoms with Gasteiger partial charge in [0, 0.05) is 30.9 Å². The van der Waals surface area contributed by atoms with Crippen LogP contribution in [0.4, 0.5) is 11.6 Å². The van der Waals surface area contributed by atoms with Crippen molar-refractivity contribution in [3.8, 4) is 5.88 Å². The molecule has 0 radical (unpaired) electrons. The third-order valence-corrected chi connectivity index (χ3v) is 4.86. The summed E-state index contributed by atoms with van der Waals surface area (Å²) in [5.41, 5.74) is 2.07. The van der Waals surface area contributed by atoms with Crippen molar-refractivity contribution >= 4 is 23.8 Å². The highest BCUT2D eigenvalue weighted by Crippen LogP contribution is 2.22. The van der Waals surface area contributed by atoms with Gasteiger partial charge < -0.3 is 15.0 Å². The Morgan fingerprint density at radius 1 is 1.07 bits per heavy atom. The summed E-state index contributed by atoms with van der Waals surface area (Å²) in [5, 5.41) is 10.4. The second kappa shape index (κ2) is 8.87. The van der Waals surface area contributed by atoms with Gasteiger partial charge in [-0.2, -0.15) is 10.1 Å². The van der Waals surface area contributed by atoms with E-state index in [2.05, 4.69) is 37.4 Å². The van der Waals surface area contributed by atoms with Gasteiger partial charge in [0.15, 0.2) is 11.6 Å². The van der Waals surface area contributed by atoms with E-state index in [0.717, 1.165) is 37.2 Å². The van der Waals surface area contributed by atoms with Crippen LogP contribution in [0.5, 0.6) is 5.88 Å². The number of nitrogens with one attached hydrogen (secondary N) is 2. The standard InChI is InChI=1S/C22H26N6O/c1-16-14-21(27-26-16)24-20-15-22(29-18-10-12-28(2)13-11-18)25-19(23-20)9-8-17-6-4-3-5-7-17/h3-9,14-15,18H,10-13H2,1-2H3,(H2,23,24,25,26,27). The molecule has 7 nitrogen and oxygen atoms in total. The highest BCUT2D eigenvalue weighted by atomic mass is 16.5. The van der Waals surface area contributed by atoms with Crippen LogP contribution in [0.25, 0.3) is 12.2 Å². The van der Waals surface area contributed by atoms with Gasteiger partial charge in [-0.05, 0) is 38.5 Å². The number of benzene rings is 1. The Hall–Kier alpha value is -3.19. The maximum absolute atomic E-state index is 6.20. The van der Waals surface area contributed by atoms with Gasteiger partial charge in [-0.3, -0.25) is 5.10 Å². The van der Waals surface area contributed by atoms with E-state index in [9.17, 15) is 0 Å². The van der Waals surface area contributed by atoms with E-state index in [-0.39, 0.29) is 6.10 Å². The molecule has 0 bridgehead atoms. The summed E-state index contributed by atoms with van der Waals surface area (Å²) in [4.78, 5) is 11.5. The fourth-order valence-electron chi connectivity index (χ4n) is 3.26. The number of hydrogen-bond donors (Lipinski definition) is 2. The van der Waals surface area contributed by atoms with Crippen LogP contribution in [0.1, 0.15) is 29.9 Å². The Kier molecular flexibility index (Phi) is 5.86. The molecule has 1 aliphatic rings. The summed E-state index contributed by atoms with van der Waals surface area (Å²) in [7, 11) is 2.14. The highest BCUT2D eigenvalue weighted by Gasteiger charge is 2.19. The first-order valence-corrected chi connectivity index (χ1v) is 9.90. The first-order valence-electron chi connectivity index (χ1n) is 9.90. The predicted octanol–water partition coefficient (Wildman–Crippen LogP) is 3.90. The van der Waals surface area contributed by atoms with E-state index < -0.39 is 0 Å². The molecule has 0 unspecified atom stereocenters. The van der Waals surface area contributed by atoms with Crippen LogP contribution in [0.3, 0.4) is 0 Å². The maximum Gasteiger partial charge on any atom is 0.219 e. The van der Waals surface area contributed by atoms with Gasteiger partial charge in [-0.15, -0.1) is 0 Å². The molecule has 4 rings (SSSR count). The minimum absolute atomic E-state index is 0.174. The van der Waals surface area contributed by atoms with E-state index >= 15 is 0 Å². The molecule has 0 saturated carbocycles. The molecule has 1 aromatic carbocycles. The molecule has 7 heteroatoms. The molecule has 2 aromatic heterocycles. The zero-order valence-corrected chi connectivity index (χ0v) is 16.8. The lowest BCUT2D eigenvalue weighted by Crippen LogP contribution is -2.35. The van der Waals surface area contributed by atoms with Crippen molar-refractivity contribution in [1.82, 2.24) is 25.1 Å². The van der Waals surface area contributed by atoms with Crippen molar-refractivity contribution in [2.45, 2.75) is 25.9 Å². The van der Waals surface area contributed by atoms with Crippen molar-refractivity contribution in [2.24, 2.45) is 0 Å². The van der Waals surface area contributed by atoms with Gasteiger partial charge in [-0.1, -0.05) is 36.4 Å². The van der Waals surface area contributed by atoms with Crippen molar-refractivity contribution in [2.75, 3.05) is 25.5 Å². The van der Waals surface area contributed by atoms with Gasteiger partial charge in [0.05, 0.1) is 0 Å². The first-order chi connectivity index (χ1) is 14.1. The molecule has 3 aromatic rings.